The molecule has 2 N–H and O–H groups in total. The zero-order valence-corrected chi connectivity index (χ0v) is 18.3. The minimum atomic E-state index is -0.487. The minimum Gasteiger partial charge on any atom is -0.347 e. The topological polar surface area (TPSA) is 90.9 Å². The second-order valence-corrected chi connectivity index (χ2v) is 7.83. The van der Waals surface area contributed by atoms with Gasteiger partial charge < -0.3 is 10.6 Å². The van der Waals surface area contributed by atoms with Crippen LogP contribution in [0.5, 0.6) is 0 Å². The van der Waals surface area contributed by atoms with Gasteiger partial charge in [0.2, 0.25) is 5.91 Å². The lowest BCUT2D eigenvalue weighted by molar-refractivity contribution is -0.132. The number of hydrogen-bond acceptors (Lipinski definition) is 4. The maximum atomic E-state index is 13.4. The van der Waals surface area contributed by atoms with E-state index < -0.39 is 11.7 Å². The van der Waals surface area contributed by atoms with Crippen molar-refractivity contribution >= 4 is 29.1 Å². The molecule has 34 heavy (non-hydrogen) atoms. The molecule has 1 aliphatic heterocycles. The highest BCUT2D eigenvalue weighted by Gasteiger charge is 2.24. The Morgan fingerprint density at radius 2 is 1.65 bits per heavy atom. The molecule has 3 aromatic carbocycles. The molecule has 172 valence electrons. The number of hydrazone groups is 1. The van der Waals surface area contributed by atoms with E-state index in [9.17, 15) is 18.8 Å². The van der Waals surface area contributed by atoms with Crippen molar-refractivity contribution in [2.45, 2.75) is 25.9 Å². The molecule has 0 aliphatic carbocycles. The van der Waals surface area contributed by atoms with Crippen LogP contribution < -0.4 is 10.6 Å². The number of carbonyl (C=O) groups excluding carboxylic acids is 3. The summed E-state index contributed by atoms with van der Waals surface area (Å²) in [5.41, 5.74) is 2.72. The van der Waals surface area contributed by atoms with E-state index in [-0.39, 0.29) is 36.8 Å². The third kappa shape index (κ3) is 5.92. The smallest absolute Gasteiger partial charge is 0.267 e. The number of nitrogens with zero attached hydrogens (tertiary/aromatic N) is 2. The van der Waals surface area contributed by atoms with E-state index in [2.05, 4.69) is 15.7 Å². The summed E-state index contributed by atoms with van der Waals surface area (Å²) in [6, 6.07) is 21.9. The number of anilines is 1. The number of rotatable bonds is 7. The molecule has 1 aliphatic rings. The molecule has 0 atom stereocenters. The van der Waals surface area contributed by atoms with Gasteiger partial charge in [-0.2, -0.15) is 5.10 Å². The molecule has 3 amide bonds. The molecular formula is C26H23FN4O3. The fourth-order valence-corrected chi connectivity index (χ4v) is 3.52. The van der Waals surface area contributed by atoms with Gasteiger partial charge in [0.05, 0.1) is 6.54 Å². The van der Waals surface area contributed by atoms with Gasteiger partial charge in [-0.15, -0.1) is 0 Å². The Hall–Kier alpha value is -4.33. The molecule has 0 saturated carbocycles. The van der Waals surface area contributed by atoms with Crippen LogP contribution in [-0.4, -0.2) is 28.4 Å². The summed E-state index contributed by atoms with van der Waals surface area (Å²) < 4.78 is 13.4. The summed E-state index contributed by atoms with van der Waals surface area (Å²) in [5, 5.41) is 11.1. The van der Waals surface area contributed by atoms with Crippen LogP contribution in [-0.2, 0) is 22.7 Å². The van der Waals surface area contributed by atoms with E-state index in [1.165, 1.54) is 23.2 Å². The normalized spacial score (nSPS) is 13.3. The average molecular weight is 458 g/mol. The Kier molecular flexibility index (Phi) is 7.07. The van der Waals surface area contributed by atoms with Crippen LogP contribution in [0.2, 0.25) is 0 Å². The highest BCUT2D eigenvalue weighted by Crippen LogP contribution is 2.15. The van der Waals surface area contributed by atoms with Gasteiger partial charge in [-0.3, -0.25) is 14.4 Å². The van der Waals surface area contributed by atoms with Crippen LogP contribution in [0.1, 0.15) is 34.3 Å². The van der Waals surface area contributed by atoms with E-state index in [1.807, 2.05) is 36.4 Å². The Labute approximate surface area is 196 Å². The third-order valence-corrected chi connectivity index (χ3v) is 5.27. The van der Waals surface area contributed by atoms with Gasteiger partial charge >= 0.3 is 0 Å². The van der Waals surface area contributed by atoms with Crippen molar-refractivity contribution in [3.05, 3.63) is 101 Å². The first-order valence-corrected chi connectivity index (χ1v) is 10.8. The molecule has 8 heteroatoms. The van der Waals surface area contributed by atoms with Crippen molar-refractivity contribution < 1.29 is 18.8 Å². The first-order chi connectivity index (χ1) is 16.5. The SMILES string of the molecule is O=C(NCc1cccc(NC(=O)c2cccc(F)c2)c1)C1=NN(Cc2ccccc2)C(=O)CC1. The van der Waals surface area contributed by atoms with Crippen molar-refractivity contribution in [1.82, 2.24) is 10.3 Å². The lowest BCUT2D eigenvalue weighted by atomic mass is 10.1. The maximum absolute atomic E-state index is 13.4. The van der Waals surface area contributed by atoms with Crippen molar-refractivity contribution in [1.29, 1.82) is 0 Å². The molecule has 3 aromatic rings. The van der Waals surface area contributed by atoms with Crippen LogP contribution in [0.4, 0.5) is 10.1 Å². The molecule has 0 unspecified atom stereocenters. The number of carbonyl (C=O) groups is 3. The first-order valence-electron chi connectivity index (χ1n) is 10.8. The van der Waals surface area contributed by atoms with Crippen LogP contribution in [0.3, 0.4) is 0 Å². The molecule has 0 radical (unpaired) electrons. The quantitative estimate of drug-likeness (QED) is 0.563. The zero-order valence-electron chi connectivity index (χ0n) is 18.3. The molecule has 1 heterocycles. The van der Waals surface area contributed by atoms with Crippen LogP contribution in [0, 0.1) is 5.82 Å². The summed E-state index contributed by atoms with van der Waals surface area (Å²) in [6.07, 6.45) is 0.500. The van der Waals surface area contributed by atoms with Crippen molar-refractivity contribution in [3.63, 3.8) is 0 Å². The van der Waals surface area contributed by atoms with E-state index >= 15 is 0 Å². The molecule has 7 nitrogen and oxygen atoms in total. The third-order valence-electron chi connectivity index (χ3n) is 5.27. The Bertz CT molecular complexity index is 1240. The minimum absolute atomic E-state index is 0.123. The summed E-state index contributed by atoms with van der Waals surface area (Å²) >= 11 is 0. The van der Waals surface area contributed by atoms with Crippen molar-refractivity contribution in [3.8, 4) is 0 Å². The van der Waals surface area contributed by atoms with Gasteiger partial charge in [-0.1, -0.05) is 48.5 Å². The molecule has 0 aromatic heterocycles. The average Bonchev–Trinajstić information content (AvgIpc) is 2.85. The number of benzene rings is 3. The molecule has 0 saturated heterocycles. The van der Waals surface area contributed by atoms with Gasteiger partial charge in [0.1, 0.15) is 11.5 Å². The number of hydrogen-bond donors (Lipinski definition) is 2. The molecule has 0 spiro atoms. The predicted molar refractivity (Wildman–Crippen MR) is 126 cm³/mol. The summed E-state index contributed by atoms with van der Waals surface area (Å²) in [7, 11) is 0. The summed E-state index contributed by atoms with van der Waals surface area (Å²) in [4.78, 5) is 37.2. The van der Waals surface area contributed by atoms with E-state index in [1.54, 1.807) is 18.2 Å². The zero-order chi connectivity index (χ0) is 23.9. The van der Waals surface area contributed by atoms with Gasteiger partial charge in [-0.25, -0.2) is 9.40 Å². The summed E-state index contributed by atoms with van der Waals surface area (Å²) in [6.45, 7) is 0.525. The van der Waals surface area contributed by atoms with Crippen LogP contribution >= 0.6 is 0 Å². The van der Waals surface area contributed by atoms with Crippen molar-refractivity contribution in [2.75, 3.05) is 5.32 Å². The van der Waals surface area contributed by atoms with E-state index in [0.717, 1.165) is 17.2 Å². The molecule has 0 fully saturated rings. The maximum Gasteiger partial charge on any atom is 0.267 e. The first kappa shape index (κ1) is 22.8. The van der Waals surface area contributed by atoms with Crippen LogP contribution in [0.15, 0.2) is 84.0 Å². The van der Waals surface area contributed by atoms with Gasteiger partial charge in [0.25, 0.3) is 11.8 Å². The monoisotopic (exact) mass is 458 g/mol. The highest BCUT2D eigenvalue weighted by molar-refractivity contribution is 6.39. The number of amides is 3. The predicted octanol–water partition coefficient (Wildman–Crippen LogP) is 3.87. The van der Waals surface area contributed by atoms with Gasteiger partial charge in [0.15, 0.2) is 0 Å². The fourth-order valence-electron chi connectivity index (χ4n) is 3.52. The van der Waals surface area contributed by atoms with E-state index in [4.69, 9.17) is 0 Å². The van der Waals surface area contributed by atoms with Crippen LogP contribution in [0.25, 0.3) is 0 Å². The lowest BCUT2D eigenvalue weighted by Gasteiger charge is -2.23. The summed E-state index contributed by atoms with van der Waals surface area (Å²) in [5.74, 6) is -1.39. The second-order valence-electron chi connectivity index (χ2n) is 7.83. The Morgan fingerprint density at radius 3 is 2.44 bits per heavy atom. The number of nitrogens with one attached hydrogen (secondary N) is 2. The van der Waals surface area contributed by atoms with Gasteiger partial charge in [0, 0.05) is 30.6 Å². The largest absolute Gasteiger partial charge is 0.347 e. The van der Waals surface area contributed by atoms with E-state index in [0.29, 0.717) is 17.9 Å². The fraction of sp³-hybridized carbons (Fsp3) is 0.154. The lowest BCUT2D eigenvalue weighted by Crippen LogP contribution is -2.38. The standard InChI is InChI=1S/C26H23FN4O3/c27-21-10-5-9-20(15-21)25(33)29-22-11-4-8-19(14-22)16-28-26(34)23-12-13-24(32)31(30-23)17-18-6-2-1-3-7-18/h1-11,14-15H,12-13,16-17H2,(H,28,34)(H,29,33). The number of halogens is 1. The molecular weight excluding hydrogens is 435 g/mol. The second kappa shape index (κ2) is 10.5. The van der Waals surface area contributed by atoms with Crippen molar-refractivity contribution in [2.24, 2.45) is 5.10 Å². The highest BCUT2D eigenvalue weighted by atomic mass is 19.1. The Morgan fingerprint density at radius 1 is 0.882 bits per heavy atom. The Balaban J connectivity index is 1.36. The molecule has 4 rings (SSSR count). The molecule has 0 bridgehead atoms. The van der Waals surface area contributed by atoms with Gasteiger partial charge in [-0.05, 0) is 41.5 Å².